The molecule has 0 bridgehead atoms. The van der Waals surface area contributed by atoms with Crippen molar-refractivity contribution < 1.29 is 14.3 Å². The van der Waals surface area contributed by atoms with Gasteiger partial charge in [-0.15, -0.1) is 0 Å². The van der Waals surface area contributed by atoms with Gasteiger partial charge in [0.2, 0.25) is 0 Å². The van der Waals surface area contributed by atoms with E-state index in [1.807, 2.05) is 0 Å². The van der Waals surface area contributed by atoms with Gasteiger partial charge in [0.15, 0.2) is 0 Å². The van der Waals surface area contributed by atoms with Gasteiger partial charge in [0, 0.05) is 11.9 Å². The van der Waals surface area contributed by atoms with Gasteiger partial charge in [-0.2, -0.15) is 0 Å². The fourth-order valence-electron chi connectivity index (χ4n) is 1.81. The Balaban J connectivity index is 2.25. The SMILES string of the molecule is COC(=O)c1cccc(NC(=O)c2ccc(Cl)nc2)c1C. The van der Waals surface area contributed by atoms with Crippen LogP contribution >= 0.6 is 11.6 Å². The standard InChI is InChI=1S/C15H13ClN2O3/c1-9-11(15(20)21-2)4-3-5-12(9)18-14(19)10-6-7-13(16)17-8-10/h3-8H,1-2H3,(H,18,19). The average Bonchev–Trinajstić information content (AvgIpc) is 2.49. The van der Waals surface area contributed by atoms with Crippen molar-refractivity contribution in [2.45, 2.75) is 6.92 Å². The van der Waals surface area contributed by atoms with Crippen LogP contribution in [0.5, 0.6) is 0 Å². The lowest BCUT2D eigenvalue weighted by Crippen LogP contribution is -2.14. The number of aromatic nitrogens is 1. The molecule has 108 valence electrons. The molecule has 5 nitrogen and oxygen atoms in total. The van der Waals surface area contributed by atoms with Gasteiger partial charge in [-0.1, -0.05) is 17.7 Å². The number of nitrogens with zero attached hydrogens (tertiary/aromatic N) is 1. The average molecular weight is 305 g/mol. The van der Waals surface area contributed by atoms with E-state index in [0.29, 0.717) is 27.5 Å². The summed E-state index contributed by atoms with van der Waals surface area (Å²) in [6.07, 6.45) is 1.39. The molecule has 0 aliphatic rings. The minimum absolute atomic E-state index is 0.315. The molecule has 0 radical (unpaired) electrons. The van der Waals surface area contributed by atoms with Crippen molar-refractivity contribution in [2.24, 2.45) is 0 Å². The zero-order chi connectivity index (χ0) is 15.4. The highest BCUT2D eigenvalue weighted by Crippen LogP contribution is 2.20. The molecule has 0 spiro atoms. The predicted molar refractivity (Wildman–Crippen MR) is 79.7 cm³/mol. The van der Waals surface area contributed by atoms with Crippen molar-refractivity contribution in [3.05, 3.63) is 58.4 Å². The quantitative estimate of drug-likeness (QED) is 0.699. The molecule has 0 aliphatic carbocycles. The van der Waals surface area contributed by atoms with Gasteiger partial charge >= 0.3 is 5.97 Å². The molecule has 1 aromatic heterocycles. The Bertz CT molecular complexity index is 684. The van der Waals surface area contributed by atoms with Crippen molar-refractivity contribution in [1.82, 2.24) is 4.98 Å². The third-order valence-corrected chi connectivity index (χ3v) is 3.20. The Hall–Kier alpha value is -2.40. The van der Waals surface area contributed by atoms with Gasteiger partial charge in [-0.05, 0) is 36.8 Å². The monoisotopic (exact) mass is 304 g/mol. The highest BCUT2D eigenvalue weighted by molar-refractivity contribution is 6.29. The third kappa shape index (κ3) is 3.38. The summed E-state index contributed by atoms with van der Waals surface area (Å²) in [5.74, 6) is -0.777. The van der Waals surface area contributed by atoms with Crippen LogP contribution in [0.15, 0.2) is 36.5 Å². The highest BCUT2D eigenvalue weighted by Gasteiger charge is 2.14. The van der Waals surface area contributed by atoms with Crippen LogP contribution in [0.3, 0.4) is 0 Å². The van der Waals surface area contributed by atoms with Crippen LogP contribution in [0.25, 0.3) is 0 Å². The molecule has 6 heteroatoms. The van der Waals surface area contributed by atoms with Crippen molar-refractivity contribution >= 4 is 29.2 Å². The Labute approximate surface area is 126 Å². The molecule has 0 saturated heterocycles. The minimum Gasteiger partial charge on any atom is -0.465 e. The van der Waals surface area contributed by atoms with E-state index in [9.17, 15) is 9.59 Å². The summed E-state index contributed by atoms with van der Waals surface area (Å²) in [4.78, 5) is 27.6. The van der Waals surface area contributed by atoms with E-state index in [1.165, 1.54) is 19.4 Å². The lowest BCUT2D eigenvalue weighted by Gasteiger charge is -2.11. The largest absolute Gasteiger partial charge is 0.465 e. The van der Waals surface area contributed by atoms with E-state index >= 15 is 0 Å². The first kappa shape index (κ1) is 15.0. The number of halogens is 1. The normalized spacial score (nSPS) is 10.0. The summed E-state index contributed by atoms with van der Waals surface area (Å²) in [5, 5.41) is 3.05. The van der Waals surface area contributed by atoms with Gasteiger partial charge in [0.1, 0.15) is 5.15 Å². The number of anilines is 1. The smallest absolute Gasteiger partial charge is 0.338 e. The van der Waals surface area contributed by atoms with Crippen LogP contribution in [0.2, 0.25) is 5.15 Å². The number of benzene rings is 1. The molecule has 0 saturated carbocycles. The van der Waals surface area contributed by atoms with E-state index in [0.717, 1.165) is 0 Å². The van der Waals surface area contributed by atoms with E-state index in [-0.39, 0.29) is 5.91 Å². The van der Waals surface area contributed by atoms with Crippen molar-refractivity contribution in [1.29, 1.82) is 0 Å². The van der Waals surface area contributed by atoms with Crippen LogP contribution in [-0.4, -0.2) is 24.0 Å². The summed E-state index contributed by atoms with van der Waals surface area (Å²) >= 11 is 5.68. The number of carbonyl (C=O) groups is 2. The van der Waals surface area contributed by atoms with Crippen LogP contribution in [-0.2, 0) is 4.74 Å². The Morgan fingerprint density at radius 1 is 1.24 bits per heavy atom. The number of carbonyl (C=O) groups excluding carboxylic acids is 2. The Kier molecular flexibility index (Phi) is 4.55. The molecule has 1 aromatic carbocycles. The summed E-state index contributed by atoms with van der Waals surface area (Å²) in [5.41, 5.74) is 1.96. The van der Waals surface area contributed by atoms with Crippen LogP contribution in [0, 0.1) is 6.92 Å². The van der Waals surface area contributed by atoms with Crippen LogP contribution in [0.1, 0.15) is 26.3 Å². The molecule has 21 heavy (non-hydrogen) atoms. The summed E-state index contributed by atoms with van der Waals surface area (Å²) < 4.78 is 4.70. The summed E-state index contributed by atoms with van der Waals surface area (Å²) in [6, 6.07) is 8.14. The first-order valence-electron chi connectivity index (χ1n) is 6.13. The number of hydrogen-bond donors (Lipinski definition) is 1. The number of rotatable bonds is 3. The van der Waals surface area contributed by atoms with Gasteiger partial charge in [0.05, 0.1) is 18.2 Å². The second kappa shape index (κ2) is 6.37. The number of nitrogens with one attached hydrogen (secondary N) is 1. The molecular formula is C15H13ClN2O3. The number of ether oxygens (including phenoxy) is 1. The van der Waals surface area contributed by atoms with Crippen molar-refractivity contribution in [3.8, 4) is 0 Å². The van der Waals surface area contributed by atoms with E-state index in [1.54, 1.807) is 31.2 Å². The molecule has 1 amide bonds. The van der Waals surface area contributed by atoms with Crippen LogP contribution < -0.4 is 5.32 Å². The lowest BCUT2D eigenvalue weighted by molar-refractivity contribution is 0.0599. The van der Waals surface area contributed by atoms with Gasteiger partial charge in [-0.3, -0.25) is 4.79 Å². The van der Waals surface area contributed by atoms with Crippen molar-refractivity contribution in [3.63, 3.8) is 0 Å². The topological polar surface area (TPSA) is 68.3 Å². The number of methoxy groups -OCH3 is 1. The molecule has 0 aliphatic heterocycles. The third-order valence-electron chi connectivity index (χ3n) is 2.98. The molecule has 2 aromatic rings. The molecular weight excluding hydrogens is 292 g/mol. The second-order valence-corrected chi connectivity index (χ2v) is 4.68. The number of esters is 1. The molecule has 2 rings (SSSR count). The maximum atomic E-state index is 12.1. The van der Waals surface area contributed by atoms with Gasteiger partial charge in [-0.25, -0.2) is 9.78 Å². The van der Waals surface area contributed by atoms with Gasteiger partial charge < -0.3 is 10.1 Å². The maximum absolute atomic E-state index is 12.1. The number of hydrogen-bond acceptors (Lipinski definition) is 4. The van der Waals surface area contributed by atoms with E-state index in [2.05, 4.69) is 10.3 Å². The molecule has 0 atom stereocenters. The zero-order valence-corrected chi connectivity index (χ0v) is 12.3. The minimum atomic E-state index is -0.447. The predicted octanol–water partition coefficient (Wildman–Crippen LogP) is 3.08. The fourth-order valence-corrected chi connectivity index (χ4v) is 1.92. The van der Waals surface area contributed by atoms with Gasteiger partial charge in [0.25, 0.3) is 5.91 Å². The summed E-state index contributed by atoms with van der Waals surface area (Å²) in [7, 11) is 1.31. The Morgan fingerprint density at radius 3 is 2.62 bits per heavy atom. The van der Waals surface area contributed by atoms with Crippen LogP contribution in [0.4, 0.5) is 5.69 Å². The lowest BCUT2D eigenvalue weighted by atomic mass is 10.1. The first-order chi connectivity index (χ1) is 10.0. The first-order valence-corrected chi connectivity index (χ1v) is 6.51. The van der Waals surface area contributed by atoms with Crippen molar-refractivity contribution in [2.75, 3.05) is 12.4 Å². The summed E-state index contributed by atoms with van der Waals surface area (Å²) in [6.45, 7) is 1.74. The fraction of sp³-hybridized carbons (Fsp3) is 0.133. The van der Waals surface area contributed by atoms with E-state index < -0.39 is 5.97 Å². The Morgan fingerprint density at radius 2 is 2.00 bits per heavy atom. The maximum Gasteiger partial charge on any atom is 0.338 e. The second-order valence-electron chi connectivity index (χ2n) is 4.29. The zero-order valence-electron chi connectivity index (χ0n) is 11.5. The molecule has 0 fully saturated rings. The molecule has 1 N–H and O–H groups in total. The van der Waals surface area contributed by atoms with E-state index in [4.69, 9.17) is 16.3 Å². The molecule has 1 heterocycles. The highest BCUT2D eigenvalue weighted by atomic mass is 35.5. The number of pyridine rings is 1. The number of amides is 1. The molecule has 0 unspecified atom stereocenters.